The van der Waals surface area contributed by atoms with Crippen LogP contribution in [0.1, 0.15) is 20.3 Å². The molecule has 0 radical (unpaired) electrons. The molecule has 1 fully saturated rings. The van der Waals surface area contributed by atoms with E-state index in [1.54, 1.807) is 23.1 Å². The summed E-state index contributed by atoms with van der Waals surface area (Å²) in [7, 11) is 0. The first-order chi connectivity index (χ1) is 10.1. The molecule has 1 saturated heterocycles. The molecule has 112 valence electrons. The van der Waals surface area contributed by atoms with E-state index in [2.05, 4.69) is 24.9 Å². The summed E-state index contributed by atoms with van der Waals surface area (Å²) in [5.74, 6) is 1.98. The van der Waals surface area contributed by atoms with Crippen molar-refractivity contribution < 1.29 is 4.79 Å². The summed E-state index contributed by atoms with van der Waals surface area (Å²) in [4.78, 5) is 19.0. The summed E-state index contributed by atoms with van der Waals surface area (Å²) in [6.07, 6.45) is 1.23. The molecule has 5 heteroatoms. The number of benzene rings is 1. The van der Waals surface area contributed by atoms with Crippen LogP contribution in [0.25, 0.3) is 10.2 Å². The molecule has 0 spiro atoms. The van der Waals surface area contributed by atoms with Crippen molar-refractivity contribution in [3.8, 4) is 0 Å². The van der Waals surface area contributed by atoms with Gasteiger partial charge in [-0.1, -0.05) is 37.7 Å². The number of carbonyl (C=O) groups is 1. The van der Waals surface area contributed by atoms with Crippen LogP contribution in [0.15, 0.2) is 28.6 Å². The van der Waals surface area contributed by atoms with E-state index in [1.807, 2.05) is 23.1 Å². The quantitative estimate of drug-likeness (QED) is 0.804. The average molecular weight is 320 g/mol. The van der Waals surface area contributed by atoms with Crippen LogP contribution in [-0.4, -0.2) is 34.6 Å². The van der Waals surface area contributed by atoms with E-state index in [4.69, 9.17) is 0 Å². The van der Waals surface area contributed by atoms with Crippen LogP contribution in [0, 0.1) is 11.8 Å². The van der Waals surface area contributed by atoms with E-state index in [0.717, 1.165) is 22.9 Å². The van der Waals surface area contributed by atoms with Gasteiger partial charge in [0.25, 0.3) is 0 Å². The standard InChI is InChI=1S/C16H20N2OS2/c1-11-7-12(2)9-18(8-11)15(19)10-20-16-17-13-5-3-4-6-14(13)21-16/h3-6,11-12H,7-10H2,1-2H3/t11-,12-/m0/s1. The maximum absolute atomic E-state index is 12.4. The highest BCUT2D eigenvalue weighted by atomic mass is 32.2. The molecule has 21 heavy (non-hydrogen) atoms. The number of fused-ring (bicyclic) bond motifs is 1. The van der Waals surface area contributed by atoms with Crippen LogP contribution in [0.2, 0.25) is 0 Å². The lowest BCUT2D eigenvalue weighted by atomic mass is 9.92. The minimum Gasteiger partial charge on any atom is -0.341 e. The molecule has 3 rings (SSSR count). The van der Waals surface area contributed by atoms with Crippen molar-refractivity contribution in [2.24, 2.45) is 11.8 Å². The Morgan fingerprint density at radius 3 is 2.76 bits per heavy atom. The van der Waals surface area contributed by atoms with Crippen molar-refractivity contribution in [2.75, 3.05) is 18.8 Å². The second-order valence-electron chi connectivity index (χ2n) is 5.98. The number of thiazole rings is 1. The van der Waals surface area contributed by atoms with E-state index < -0.39 is 0 Å². The molecular weight excluding hydrogens is 300 g/mol. The van der Waals surface area contributed by atoms with Crippen LogP contribution >= 0.6 is 23.1 Å². The fourth-order valence-electron chi connectivity index (χ4n) is 2.99. The average Bonchev–Trinajstić information content (AvgIpc) is 2.86. The lowest BCUT2D eigenvalue weighted by molar-refractivity contribution is -0.130. The molecule has 1 aromatic heterocycles. The van der Waals surface area contributed by atoms with Crippen molar-refractivity contribution in [3.05, 3.63) is 24.3 Å². The number of piperidine rings is 1. The molecule has 0 saturated carbocycles. The van der Waals surface area contributed by atoms with Crippen LogP contribution in [0.5, 0.6) is 0 Å². The highest BCUT2D eigenvalue weighted by molar-refractivity contribution is 8.01. The molecule has 0 bridgehead atoms. The summed E-state index contributed by atoms with van der Waals surface area (Å²) >= 11 is 3.23. The van der Waals surface area contributed by atoms with Crippen LogP contribution in [-0.2, 0) is 4.79 Å². The molecular formula is C16H20N2OS2. The van der Waals surface area contributed by atoms with Gasteiger partial charge in [0.15, 0.2) is 4.34 Å². The van der Waals surface area contributed by atoms with Crippen molar-refractivity contribution in [1.29, 1.82) is 0 Å². The van der Waals surface area contributed by atoms with Gasteiger partial charge >= 0.3 is 0 Å². The Morgan fingerprint density at radius 1 is 1.33 bits per heavy atom. The number of thioether (sulfide) groups is 1. The highest BCUT2D eigenvalue weighted by Crippen LogP contribution is 2.30. The number of para-hydroxylation sites is 1. The van der Waals surface area contributed by atoms with Gasteiger partial charge in [0, 0.05) is 13.1 Å². The lowest BCUT2D eigenvalue weighted by Gasteiger charge is -2.34. The number of carbonyl (C=O) groups excluding carboxylic acids is 1. The van der Waals surface area contributed by atoms with Gasteiger partial charge in [-0.2, -0.15) is 0 Å². The first-order valence-electron chi connectivity index (χ1n) is 7.38. The smallest absolute Gasteiger partial charge is 0.233 e. The summed E-state index contributed by atoms with van der Waals surface area (Å²) in [5, 5.41) is 0. The molecule has 3 nitrogen and oxygen atoms in total. The molecule has 0 N–H and O–H groups in total. The van der Waals surface area contributed by atoms with Gasteiger partial charge in [0.1, 0.15) is 0 Å². The number of hydrogen-bond acceptors (Lipinski definition) is 4. The zero-order valence-corrected chi connectivity index (χ0v) is 14.0. The van der Waals surface area contributed by atoms with Crippen LogP contribution in [0.4, 0.5) is 0 Å². The zero-order chi connectivity index (χ0) is 14.8. The molecule has 2 heterocycles. The zero-order valence-electron chi connectivity index (χ0n) is 12.4. The Hall–Kier alpha value is -1.07. The predicted molar refractivity (Wildman–Crippen MR) is 89.9 cm³/mol. The van der Waals surface area contributed by atoms with Gasteiger partial charge in [-0.05, 0) is 30.4 Å². The van der Waals surface area contributed by atoms with Gasteiger partial charge in [0.2, 0.25) is 5.91 Å². The number of likely N-dealkylation sites (tertiary alicyclic amines) is 1. The predicted octanol–water partition coefficient (Wildman–Crippen LogP) is 3.89. The SMILES string of the molecule is C[C@H]1C[C@H](C)CN(C(=O)CSc2nc3ccccc3s2)C1. The highest BCUT2D eigenvalue weighted by Gasteiger charge is 2.25. The minimum absolute atomic E-state index is 0.248. The topological polar surface area (TPSA) is 33.2 Å². The normalized spacial score (nSPS) is 22.7. The Bertz CT molecular complexity index is 597. The number of rotatable bonds is 3. The van der Waals surface area contributed by atoms with Gasteiger partial charge in [0.05, 0.1) is 16.0 Å². The number of hydrogen-bond donors (Lipinski definition) is 0. The molecule has 0 unspecified atom stereocenters. The van der Waals surface area contributed by atoms with E-state index in [9.17, 15) is 4.79 Å². The number of nitrogens with zero attached hydrogens (tertiary/aromatic N) is 2. The van der Waals surface area contributed by atoms with Gasteiger partial charge in [-0.3, -0.25) is 4.79 Å². The summed E-state index contributed by atoms with van der Waals surface area (Å²) < 4.78 is 2.18. The number of amides is 1. The fourth-order valence-corrected chi connectivity index (χ4v) is 4.97. The maximum atomic E-state index is 12.4. The lowest BCUT2D eigenvalue weighted by Crippen LogP contribution is -2.43. The molecule has 2 aromatic rings. The third-order valence-corrected chi connectivity index (χ3v) is 5.98. The van der Waals surface area contributed by atoms with Gasteiger partial charge in [-0.25, -0.2) is 4.98 Å². The maximum Gasteiger partial charge on any atom is 0.233 e. The Balaban J connectivity index is 1.60. The van der Waals surface area contributed by atoms with Crippen LogP contribution in [0.3, 0.4) is 0 Å². The van der Waals surface area contributed by atoms with Crippen molar-refractivity contribution in [2.45, 2.75) is 24.6 Å². The van der Waals surface area contributed by atoms with Crippen molar-refractivity contribution in [1.82, 2.24) is 9.88 Å². The Morgan fingerprint density at radius 2 is 2.05 bits per heavy atom. The van der Waals surface area contributed by atoms with Crippen molar-refractivity contribution in [3.63, 3.8) is 0 Å². The minimum atomic E-state index is 0.248. The largest absolute Gasteiger partial charge is 0.341 e. The second-order valence-corrected chi connectivity index (χ2v) is 8.23. The second kappa shape index (κ2) is 6.36. The van der Waals surface area contributed by atoms with E-state index in [0.29, 0.717) is 17.6 Å². The molecule has 1 aliphatic rings. The molecule has 1 amide bonds. The summed E-state index contributed by atoms with van der Waals surface area (Å²) in [6.45, 7) is 6.28. The Labute approximate surface area is 133 Å². The van der Waals surface area contributed by atoms with Crippen LogP contribution < -0.4 is 0 Å². The first-order valence-corrected chi connectivity index (χ1v) is 9.18. The van der Waals surface area contributed by atoms with Crippen molar-refractivity contribution >= 4 is 39.2 Å². The summed E-state index contributed by atoms with van der Waals surface area (Å²) in [5.41, 5.74) is 1.03. The van der Waals surface area contributed by atoms with E-state index in [-0.39, 0.29) is 5.91 Å². The van der Waals surface area contributed by atoms with Gasteiger partial charge in [-0.15, -0.1) is 11.3 Å². The first kappa shape index (κ1) is 14.9. The molecule has 1 aromatic carbocycles. The van der Waals surface area contributed by atoms with E-state index >= 15 is 0 Å². The molecule has 2 atom stereocenters. The summed E-state index contributed by atoms with van der Waals surface area (Å²) in [6, 6.07) is 8.12. The van der Waals surface area contributed by atoms with E-state index in [1.165, 1.54) is 11.1 Å². The third-order valence-electron chi connectivity index (χ3n) is 3.81. The Kier molecular flexibility index (Phi) is 4.50. The number of aromatic nitrogens is 1. The monoisotopic (exact) mass is 320 g/mol. The third kappa shape index (κ3) is 3.58. The fraction of sp³-hybridized carbons (Fsp3) is 0.500. The molecule has 0 aliphatic carbocycles. The molecule has 1 aliphatic heterocycles. The van der Waals surface area contributed by atoms with Gasteiger partial charge < -0.3 is 4.90 Å².